The number of aliphatic hydroxyl groups excluding tert-OH is 2. The summed E-state index contributed by atoms with van der Waals surface area (Å²) < 4.78 is 1.47. The first-order valence-corrected chi connectivity index (χ1v) is 4.24. The zero-order chi connectivity index (χ0) is 10.7. The van der Waals surface area contributed by atoms with Crippen LogP contribution in [0.25, 0.3) is 0 Å². The molecular formula is C9H14ClNO4. The van der Waals surface area contributed by atoms with Gasteiger partial charge in [0.25, 0.3) is 0 Å². The second-order valence-corrected chi connectivity index (χ2v) is 3.04. The maximum Gasteiger partial charge on any atom is 0.223 e. The fraction of sp³-hybridized carbons (Fsp3) is 0.444. The summed E-state index contributed by atoms with van der Waals surface area (Å²) in [4.78, 5) is 11.0. The number of hydrogen-bond acceptors (Lipinski definition) is 4. The largest absolute Gasteiger partial charge is 0.503 e. The third-order valence-electron chi connectivity index (χ3n) is 2.16. The molecule has 86 valence electrons. The lowest BCUT2D eigenvalue weighted by Crippen LogP contribution is -2.21. The Morgan fingerprint density at radius 1 is 1.40 bits per heavy atom. The van der Waals surface area contributed by atoms with Crippen molar-refractivity contribution in [3.05, 3.63) is 28.2 Å². The quantitative estimate of drug-likeness (QED) is 0.678. The Kier molecular flexibility index (Phi) is 5.35. The molecule has 0 bridgehead atoms. The molecule has 6 heteroatoms. The van der Waals surface area contributed by atoms with Crippen LogP contribution in [0.2, 0.25) is 0 Å². The molecule has 0 radical (unpaired) electrons. The minimum absolute atomic E-state index is 0. The molecule has 0 aliphatic rings. The predicted molar refractivity (Wildman–Crippen MR) is 57.6 cm³/mol. The van der Waals surface area contributed by atoms with Crippen molar-refractivity contribution in [1.82, 2.24) is 4.57 Å². The highest BCUT2D eigenvalue weighted by molar-refractivity contribution is 5.85. The smallest absolute Gasteiger partial charge is 0.223 e. The van der Waals surface area contributed by atoms with Gasteiger partial charge in [0, 0.05) is 12.3 Å². The van der Waals surface area contributed by atoms with Crippen molar-refractivity contribution >= 4 is 12.4 Å². The lowest BCUT2D eigenvalue weighted by atomic mass is 10.2. The van der Waals surface area contributed by atoms with E-state index in [9.17, 15) is 9.90 Å². The fourth-order valence-electron chi connectivity index (χ4n) is 1.27. The average Bonchev–Trinajstić information content (AvgIpc) is 2.19. The molecule has 0 aromatic carbocycles. The first kappa shape index (κ1) is 14.0. The van der Waals surface area contributed by atoms with Crippen molar-refractivity contribution in [1.29, 1.82) is 0 Å². The maximum absolute atomic E-state index is 11.0. The Morgan fingerprint density at radius 3 is 2.40 bits per heavy atom. The summed E-state index contributed by atoms with van der Waals surface area (Å²) in [6, 6.07) is 0.669. The Morgan fingerprint density at radius 2 is 1.93 bits per heavy atom. The van der Waals surface area contributed by atoms with E-state index in [1.807, 2.05) is 0 Å². The predicted octanol–water partition coefficient (Wildman–Crippen LogP) is -0.190. The molecule has 0 unspecified atom stereocenters. The first-order chi connectivity index (χ1) is 6.61. The topological polar surface area (TPSA) is 82.7 Å². The molecule has 5 nitrogen and oxygen atoms in total. The van der Waals surface area contributed by atoms with Gasteiger partial charge in [-0.15, -0.1) is 12.4 Å². The summed E-state index contributed by atoms with van der Waals surface area (Å²) in [5, 5.41) is 27.2. The molecule has 0 spiro atoms. The second kappa shape index (κ2) is 5.75. The van der Waals surface area contributed by atoms with Gasteiger partial charge in [-0.1, -0.05) is 0 Å². The fourth-order valence-corrected chi connectivity index (χ4v) is 1.27. The molecule has 0 fully saturated rings. The van der Waals surface area contributed by atoms with Crippen molar-refractivity contribution in [2.75, 3.05) is 13.2 Å². The minimum atomic E-state index is -0.526. The van der Waals surface area contributed by atoms with Crippen LogP contribution in [-0.4, -0.2) is 33.1 Å². The van der Waals surface area contributed by atoms with Gasteiger partial charge in [0.1, 0.15) is 0 Å². The van der Waals surface area contributed by atoms with E-state index in [1.165, 1.54) is 16.8 Å². The van der Waals surface area contributed by atoms with Gasteiger partial charge in [-0.05, 0) is 6.92 Å². The number of aromatic nitrogens is 1. The highest BCUT2D eigenvalue weighted by atomic mass is 35.5. The molecule has 0 atom stereocenters. The number of aliphatic hydroxyl groups is 2. The van der Waals surface area contributed by atoms with Crippen LogP contribution in [0.1, 0.15) is 11.7 Å². The van der Waals surface area contributed by atoms with Gasteiger partial charge in [-0.25, -0.2) is 0 Å². The van der Waals surface area contributed by atoms with Crippen LogP contribution in [0.4, 0.5) is 0 Å². The van der Waals surface area contributed by atoms with Crippen molar-refractivity contribution in [2.24, 2.45) is 0 Å². The summed E-state index contributed by atoms with van der Waals surface area (Å²) >= 11 is 0. The normalized spacial score (nSPS) is 10.1. The summed E-state index contributed by atoms with van der Waals surface area (Å²) in [6.45, 7) is 1.05. The third kappa shape index (κ3) is 2.71. The summed E-state index contributed by atoms with van der Waals surface area (Å²) in [5.41, 5.74) is -0.126. The van der Waals surface area contributed by atoms with Gasteiger partial charge in [-0.3, -0.25) is 4.79 Å². The van der Waals surface area contributed by atoms with E-state index in [4.69, 9.17) is 10.2 Å². The van der Waals surface area contributed by atoms with Gasteiger partial charge < -0.3 is 19.9 Å². The Bertz CT molecular complexity index is 373. The van der Waals surface area contributed by atoms with E-state index in [0.29, 0.717) is 5.69 Å². The first-order valence-electron chi connectivity index (χ1n) is 4.24. The number of hydrogen-bond donors (Lipinski definition) is 3. The van der Waals surface area contributed by atoms with E-state index in [2.05, 4.69) is 0 Å². The standard InChI is InChI=1S/C9H13NO4.ClH/c1-6-9(14)8(13)2-3-10(6)7(4-11)5-12;/h2-3,7,11-12,14H,4-5H2,1H3;1H. The molecule has 0 amide bonds. The lowest BCUT2D eigenvalue weighted by Gasteiger charge is -2.18. The van der Waals surface area contributed by atoms with Gasteiger partial charge in [-0.2, -0.15) is 0 Å². The monoisotopic (exact) mass is 235 g/mol. The molecule has 0 aliphatic heterocycles. The molecule has 15 heavy (non-hydrogen) atoms. The van der Waals surface area contributed by atoms with E-state index >= 15 is 0 Å². The summed E-state index contributed by atoms with van der Waals surface area (Å²) in [7, 11) is 0. The molecular weight excluding hydrogens is 222 g/mol. The second-order valence-electron chi connectivity index (χ2n) is 3.04. The summed E-state index contributed by atoms with van der Waals surface area (Å²) in [6.07, 6.45) is 1.44. The van der Waals surface area contributed by atoms with Crippen LogP contribution < -0.4 is 5.43 Å². The van der Waals surface area contributed by atoms with Crippen molar-refractivity contribution in [3.63, 3.8) is 0 Å². The molecule has 1 rings (SSSR count). The van der Waals surface area contributed by atoms with Crippen LogP contribution in [0, 0.1) is 6.92 Å². The number of aromatic hydroxyl groups is 1. The molecule has 0 aliphatic carbocycles. The van der Waals surface area contributed by atoms with E-state index < -0.39 is 11.5 Å². The lowest BCUT2D eigenvalue weighted by molar-refractivity contribution is 0.152. The minimum Gasteiger partial charge on any atom is -0.503 e. The number of nitrogens with zero attached hydrogens (tertiary/aromatic N) is 1. The van der Waals surface area contributed by atoms with Crippen LogP contribution in [-0.2, 0) is 0 Å². The SMILES string of the molecule is Cc1c(O)c(=O)ccn1C(CO)CO.Cl. The Hall–Kier alpha value is -1.04. The van der Waals surface area contributed by atoms with Crippen molar-refractivity contribution < 1.29 is 15.3 Å². The molecule has 0 saturated carbocycles. The molecule has 0 saturated heterocycles. The van der Waals surface area contributed by atoms with Gasteiger partial charge >= 0.3 is 0 Å². The number of pyridine rings is 1. The van der Waals surface area contributed by atoms with Crippen molar-refractivity contribution in [2.45, 2.75) is 13.0 Å². The van der Waals surface area contributed by atoms with E-state index in [1.54, 1.807) is 6.92 Å². The number of halogens is 1. The van der Waals surface area contributed by atoms with Crippen LogP contribution >= 0.6 is 12.4 Å². The molecule has 3 N–H and O–H groups in total. The Balaban J connectivity index is 0.00000196. The zero-order valence-corrected chi connectivity index (χ0v) is 9.07. The van der Waals surface area contributed by atoms with Crippen LogP contribution in [0.15, 0.2) is 17.1 Å². The highest BCUT2D eigenvalue weighted by Crippen LogP contribution is 2.14. The molecule has 1 heterocycles. The zero-order valence-electron chi connectivity index (χ0n) is 8.25. The van der Waals surface area contributed by atoms with E-state index in [0.717, 1.165) is 0 Å². The van der Waals surface area contributed by atoms with Crippen LogP contribution in [0.3, 0.4) is 0 Å². The summed E-state index contributed by atoms with van der Waals surface area (Å²) in [5.74, 6) is -0.348. The molecule has 1 aromatic rings. The van der Waals surface area contributed by atoms with Crippen molar-refractivity contribution in [3.8, 4) is 5.75 Å². The van der Waals surface area contributed by atoms with Crippen LogP contribution in [0.5, 0.6) is 5.75 Å². The highest BCUT2D eigenvalue weighted by Gasteiger charge is 2.12. The maximum atomic E-state index is 11.0. The van der Waals surface area contributed by atoms with Gasteiger partial charge in [0.2, 0.25) is 5.43 Å². The van der Waals surface area contributed by atoms with Gasteiger partial charge in [0.15, 0.2) is 5.75 Å². The van der Waals surface area contributed by atoms with Gasteiger partial charge in [0.05, 0.1) is 24.9 Å². The van der Waals surface area contributed by atoms with E-state index in [-0.39, 0.29) is 31.4 Å². The average molecular weight is 236 g/mol. The molecule has 1 aromatic heterocycles. The third-order valence-corrected chi connectivity index (χ3v) is 2.16. The number of rotatable bonds is 3. The Labute approximate surface area is 93.0 Å².